The van der Waals surface area contributed by atoms with Gasteiger partial charge in [0.1, 0.15) is 5.65 Å². The molecule has 0 atom stereocenters. The van der Waals surface area contributed by atoms with Crippen molar-refractivity contribution in [2.24, 2.45) is 0 Å². The number of hydrogen-bond donors (Lipinski definition) is 0. The zero-order valence-corrected chi connectivity index (χ0v) is 15.5. The van der Waals surface area contributed by atoms with Crippen molar-refractivity contribution >= 4 is 69.7 Å². The van der Waals surface area contributed by atoms with Crippen LogP contribution in [0.3, 0.4) is 0 Å². The minimum absolute atomic E-state index is 0.00348. The van der Waals surface area contributed by atoms with E-state index in [1.165, 1.54) is 25.6 Å². The monoisotopic (exact) mass is 376 g/mol. The van der Waals surface area contributed by atoms with Crippen molar-refractivity contribution < 1.29 is 0 Å². The third kappa shape index (κ3) is 1.60. The van der Waals surface area contributed by atoms with Gasteiger partial charge >= 0.3 is 0 Å². The van der Waals surface area contributed by atoms with E-state index in [9.17, 15) is 4.79 Å². The second-order valence-corrected chi connectivity index (χ2v) is 8.27. The topological polar surface area (TPSA) is 34.4 Å². The van der Waals surface area contributed by atoms with Crippen LogP contribution in [0.5, 0.6) is 0 Å². The Labute approximate surface area is 162 Å². The van der Waals surface area contributed by atoms with Gasteiger partial charge in [0, 0.05) is 30.9 Å². The van der Waals surface area contributed by atoms with E-state index in [0.29, 0.717) is 0 Å². The first-order chi connectivity index (χ1) is 13.8. The lowest BCUT2D eigenvalue weighted by atomic mass is 9.97. The number of fused-ring (bicyclic) bond motifs is 6. The fourth-order valence-electron chi connectivity index (χ4n) is 4.57. The maximum atomic E-state index is 13.5. The summed E-state index contributed by atoms with van der Waals surface area (Å²) in [5, 5.41) is 6.42. The van der Waals surface area contributed by atoms with E-state index in [1.54, 1.807) is 15.7 Å². The van der Waals surface area contributed by atoms with E-state index in [4.69, 9.17) is 4.98 Å². The predicted molar refractivity (Wildman–Crippen MR) is 118 cm³/mol. The van der Waals surface area contributed by atoms with Crippen molar-refractivity contribution in [1.82, 2.24) is 9.38 Å². The average molecular weight is 376 g/mol. The molecule has 0 radical (unpaired) electrons. The van der Waals surface area contributed by atoms with Gasteiger partial charge in [-0.1, -0.05) is 36.4 Å². The summed E-state index contributed by atoms with van der Waals surface area (Å²) in [6.07, 6.45) is 0. The summed E-state index contributed by atoms with van der Waals surface area (Å²) in [5.74, 6) is 0. The van der Waals surface area contributed by atoms with Gasteiger partial charge in [0.05, 0.1) is 11.0 Å². The third-order valence-corrected chi connectivity index (χ3v) is 6.89. The Morgan fingerprint density at radius 1 is 0.679 bits per heavy atom. The first-order valence-corrected chi connectivity index (χ1v) is 10.0. The van der Waals surface area contributed by atoms with Gasteiger partial charge in [0.25, 0.3) is 5.56 Å². The number of benzene rings is 4. The van der Waals surface area contributed by atoms with Crippen LogP contribution < -0.4 is 5.56 Å². The smallest absolute Gasteiger partial charge is 0.264 e. The van der Waals surface area contributed by atoms with Gasteiger partial charge in [-0.05, 0) is 47.2 Å². The molecule has 0 bridgehead atoms. The zero-order valence-electron chi connectivity index (χ0n) is 14.6. The lowest BCUT2D eigenvalue weighted by Crippen LogP contribution is -2.13. The lowest BCUT2D eigenvalue weighted by Gasteiger charge is -2.13. The summed E-state index contributed by atoms with van der Waals surface area (Å²) in [5.41, 5.74) is 2.46. The third-order valence-electron chi connectivity index (χ3n) is 5.75. The fraction of sp³-hybridized carbons (Fsp3) is 0. The SMILES string of the molecule is O=c1c2ccc3sc4ccccc4c4ccc(c2c34)c2nc3ccccc3n12. The van der Waals surface area contributed by atoms with Crippen LogP contribution in [0.25, 0.3) is 58.4 Å². The van der Waals surface area contributed by atoms with Gasteiger partial charge in [-0.3, -0.25) is 9.20 Å². The number of hydrogen-bond acceptors (Lipinski definition) is 3. The molecule has 7 rings (SSSR count). The molecular weight excluding hydrogens is 364 g/mol. The molecule has 0 aliphatic heterocycles. The molecule has 4 heteroatoms. The highest BCUT2D eigenvalue weighted by molar-refractivity contribution is 7.25. The van der Waals surface area contributed by atoms with E-state index in [0.717, 1.165) is 32.8 Å². The standard InChI is InChI=1S/C24H12N2OS/c27-24-16-11-12-20-22-14(13-5-1-4-8-19(13)28-20)9-10-15(21(16)22)23-25-17-6-2-3-7-18(17)26(23)24/h1-12H. The van der Waals surface area contributed by atoms with Crippen LogP contribution in [-0.4, -0.2) is 9.38 Å². The zero-order chi connectivity index (χ0) is 18.4. The Morgan fingerprint density at radius 2 is 1.46 bits per heavy atom. The summed E-state index contributed by atoms with van der Waals surface area (Å²) >= 11 is 1.78. The Balaban J connectivity index is 1.87. The Bertz CT molecular complexity index is 1790. The maximum absolute atomic E-state index is 13.5. The number of aromatic nitrogens is 2. The van der Waals surface area contributed by atoms with Crippen LogP contribution in [0.1, 0.15) is 0 Å². The van der Waals surface area contributed by atoms with Crippen LogP contribution in [-0.2, 0) is 0 Å². The molecule has 0 spiro atoms. The van der Waals surface area contributed by atoms with Gasteiger partial charge in [-0.2, -0.15) is 0 Å². The molecular formula is C24H12N2OS. The Kier molecular flexibility index (Phi) is 2.52. The van der Waals surface area contributed by atoms with Gasteiger partial charge in [0.2, 0.25) is 0 Å². The highest BCUT2D eigenvalue weighted by atomic mass is 32.1. The number of rotatable bonds is 0. The van der Waals surface area contributed by atoms with Crippen molar-refractivity contribution in [2.45, 2.75) is 0 Å². The number of pyridine rings is 1. The van der Waals surface area contributed by atoms with Crippen molar-refractivity contribution in [2.75, 3.05) is 0 Å². The largest absolute Gasteiger partial charge is 0.268 e. The van der Waals surface area contributed by atoms with Crippen molar-refractivity contribution in [3.8, 4) is 0 Å². The molecule has 3 heterocycles. The molecule has 28 heavy (non-hydrogen) atoms. The van der Waals surface area contributed by atoms with Gasteiger partial charge in [-0.15, -0.1) is 11.3 Å². The summed E-state index contributed by atoms with van der Waals surface area (Å²) in [6.45, 7) is 0. The first kappa shape index (κ1) is 14.5. The van der Waals surface area contributed by atoms with Crippen LogP contribution in [0.4, 0.5) is 0 Å². The molecule has 0 N–H and O–H groups in total. The first-order valence-electron chi connectivity index (χ1n) is 9.21. The quantitative estimate of drug-likeness (QED) is 0.242. The minimum atomic E-state index is 0.00348. The van der Waals surface area contributed by atoms with Crippen LogP contribution in [0.2, 0.25) is 0 Å². The van der Waals surface area contributed by atoms with Gasteiger partial charge in [0.15, 0.2) is 0 Å². The fourth-order valence-corrected chi connectivity index (χ4v) is 5.69. The summed E-state index contributed by atoms with van der Waals surface area (Å²) in [6, 6.07) is 24.7. The Hall–Kier alpha value is -3.50. The second-order valence-electron chi connectivity index (χ2n) is 7.18. The molecule has 0 amide bonds. The molecule has 3 nitrogen and oxygen atoms in total. The van der Waals surface area contributed by atoms with Crippen molar-refractivity contribution in [3.05, 3.63) is 83.2 Å². The average Bonchev–Trinajstić information content (AvgIpc) is 3.13. The number of nitrogens with zero attached hydrogens (tertiary/aromatic N) is 2. The van der Waals surface area contributed by atoms with Crippen LogP contribution in [0.15, 0.2) is 77.6 Å². The van der Waals surface area contributed by atoms with Crippen LogP contribution >= 0.6 is 11.3 Å². The van der Waals surface area contributed by atoms with Crippen molar-refractivity contribution in [1.29, 1.82) is 0 Å². The minimum Gasteiger partial charge on any atom is -0.268 e. The predicted octanol–water partition coefficient (Wildman–Crippen LogP) is 5.96. The Morgan fingerprint density at radius 3 is 2.43 bits per heavy atom. The molecule has 3 aromatic heterocycles. The van der Waals surface area contributed by atoms with Crippen LogP contribution in [0, 0.1) is 0 Å². The van der Waals surface area contributed by atoms with Gasteiger partial charge in [-0.25, -0.2) is 4.98 Å². The molecule has 0 unspecified atom stereocenters. The maximum Gasteiger partial charge on any atom is 0.264 e. The molecule has 130 valence electrons. The van der Waals surface area contributed by atoms with E-state index >= 15 is 0 Å². The molecule has 0 fully saturated rings. The molecule has 0 aliphatic rings. The normalized spacial score (nSPS) is 12.4. The summed E-state index contributed by atoms with van der Waals surface area (Å²) < 4.78 is 4.22. The molecule has 0 saturated carbocycles. The summed E-state index contributed by atoms with van der Waals surface area (Å²) in [4.78, 5) is 18.3. The molecule has 7 aromatic rings. The van der Waals surface area contributed by atoms with E-state index in [2.05, 4.69) is 42.5 Å². The molecule has 0 aliphatic carbocycles. The second kappa shape index (κ2) is 4.86. The van der Waals surface area contributed by atoms with E-state index in [-0.39, 0.29) is 5.56 Å². The highest BCUT2D eigenvalue weighted by Crippen LogP contribution is 2.41. The van der Waals surface area contributed by atoms with Crippen molar-refractivity contribution in [3.63, 3.8) is 0 Å². The highest BCUT2D eigenvalue weighted by Gasteiger charge is 2.18. The number of imidazole rings is 1. The lowest BCUT2D eigenvalue weighted by molar-refractivity contribution is 1.19. The summed E-state index contributed by atoms with van der Waals surface area (Å²) in [7, 11) is 0. The van der Waals surface area contributed by atoms with Gasteiger partial charge < -0.3 is 0 Å². The molecule has 0 saturated heterocycles. The van der Waals surface area contributed by atoms with E-state index < -0.39 is 0 Å². The van der Waals surface area contributed by atoms with E-state index in [1.807, 2.05) is 30.3 Å². The number of para-hydroxylation sites is 2. The molecule has 4 aromatic carbocycles.